The van der Waals surface area contributed by atoms with Crippen LogP contribution in [-0.4, -0.2) is 31.5 Å². The molecule has 0 fully saturated rings. The lowest BCUT2D eigenvalue weighted by molar-refractivity contribution is 0.682. The Labute approximate surface area is 156 Å². The molecule has 0 saturated heterocycles. The fourth-order valence-electron chi connectivity index (χ4n) is 2.54. The molecule has 2 aromatic heterocycles. The van der Waals surface area contributed by atoms with Gasteiger partial charge in [0.15, 0.2) is 5.82 Å². The minimum absolute atomic E-state index is 0.569. The Morgan fingerprint density at radius 1 is 1.04 bits per heavy atom. The SMILES string of the molecule is Cc1nc(-c2cccnc2)nc(NCCS(=O)Cc2ccccc2)c1C. The van der Waals surface area contributed by atoms with Crippen LogP contribution in [-0.2, 0) is 16.6 Å². The van der Waals surface area contributed by atoms with Crippen molar-refractivity contribution in [2.45, 2.75) is 19.6 Å². The summed E-state index contributed by atoms with van der Waals surface area (Å²) >= 11 is 0. The summed E-state index contributed by atoms with van der Waals surface area (Å²) in [4.78, 5) is 13.3. The monoisotopic (exact) mass is 366 g/mol. The molecule has 1 atom stereocenters. The van der Waals surface area contributed by atoms with Crippen LogP contribution in [0.4, 0.5) is 5.82 Å². The summed E-state index contributed by atoms with van der Waals surface area (Å²) in [5, 5.41) is 3.32. The van der Waals surface area contributed by atoms with Gasteiger partial charge in [-0.2, -0.15) is 0 Å². The molecule has 26 heavy (non-hydrogen) atoms. The summed E-state index contributed by atoms with van der Waals surface area (Å²) in [5.74, 6) is 2.58. The lowest BCUT2D eigenvalue weighted by Crippen LogP contribution is -2.15. The highest BCUT2D eigenvalue weighted by Crippen LogP contribution is 2.20. The number of hydrogen-bond donors (Lipinski definition) is 1. The third kappa shape index (κ3) is 4.73. The molecule has 6 heteroatoms. The fourth-order valence-corrected chi connectivity index (χ4v) is 3.58. The molecule has 0 radical (unpaired) electrons. The second-order valence-electron chi connectivity index (χ2n) is 6.05. The van der Waals surface area contributed by atoms with E-state index in [1.54, 1.807) is 12.4 Å². The van der Waals surface area contributed by atoms with Crippen molar-refractivity contribution in [1.29, 1.82) is 0 Å². The number of benzene rings is 1. The smallest absolute Gasteiger partial charge is 0.163 e. The number of aryl methyl sites for hydroxylation is 1. The minimum Gasteiger partial charge on any atom is -0.369 e. The zero-order valence-electron chi connectivity index (χ0n) is 15.0. The maximum atomic E-state index is 12.3. The summed E-state index contributed by atoms with van der Waals surface area (Å²) in [7, 11) is -0.914. The Morgan fingerprint density at radius 3 is 2.58 bits per heavy atom. The zero-order valence-corrected chi connectivity index (χ0v) is 15.8. The third-order valence-corrected chi connectivity index (χ3v) is 5.42. The van der Waals surface area contributed by atoms with Crippen molar-refractivity contribution in [1.82, 2.24) is 15.0 Å². The lowest BCUT2D eigenvalue weighted by atomic mass is 10.2. The second-order valence-corrected chi connectivity index (χ2v) is 7.63. The van der Waals surface area contributed by atoms with E-state index in [9.17, 15) is 4.21 Å². The Hall–Kier alpha value is -2.60. The largest absolute Gasteiger partial charge is 0.369 e. The third-order valence-electron chi connectivity index (χ3n) is 4.10. The molecule has 134 valence electrons. The Kier molecular flexibility index (Phi) is 6.07. The highest BCUT2D eigenvalue weighted by atomic mass is 32.2. The first-order valence-corrected chi connectivity index (χ1v) is 10.0. The van der Waals surface area contributed by atoms with Crippen molar-refractivity contribution in [2.24, 2.45) is 0 Å². The van der Waals surface area contributed by atoms with Crippen molar-refractivity contribution in [3.8, 4) is 11.4 Å². The normalized spacial score (nSPS) is 11.9. The average molecular weight is 366 g/mol. The van der Waals surface area contributed by atoms with Crippen molar-refractivity contribution in [2.75, 3.05) is 17.6 Å². The molecule has 0 aliphatic rings. The quantitative estimate of drug-likeness (QED) is 0.693. The summed E-state index contributed by atoms with van der Waals surface area (Å²) in [6, 6.07) is 13.7. The van der Waals surface area contributed by atoms with E-state index in [-0.39, 0.29) is 0 Å². The molecule has 1 N–H and O–H groups in total. The topological polar surface area (TPSA) is 67.8 Å². The molecule has 0 aliphatic heterocycles. The maximum Gasteiger partial charge on any atom is 0.163 e. The molecule has 3 aromatic rings. The lowest BCUT2D eigenvalue weighted by Gasteiger charge is -2.12. The standard InChI is InChI=1S/C20H22N4OS/c1-15-16(2)23-20(18-9-6-10-21-13-18)24-19(15)22-11-12-26(25)14-17-7-4-3-5-8-17/h3-10,13H,11-12,14H2,1-2H3,(H,22,23,24). The molecule has 0 aliphatic carbocycles. The summed E-state index contributed by atoms with van der Waals surface area (Å²) in [5.41, 5.74) is 3.91. The second kappa shape index (κ2) is 8.67. The van der Waals surface area contributed by atoms with Gasteiger partial charge in [-0.1, -0.05) is 30.3 Å². The molecule has 0 amide bonds. The van der Waals surface area contributed by atoms with Crippen LogP contribution in [0.3, 0.4) is 0 Å². The highest BCUT2D eigenvalue weighted by Gasteiger charge is 2.10. The number of pyridine rings is 1. The molecule has 2 heterocycles. The number of nitrogens with zero attached hydrogens (tertiary/aromatic N) is 3. The molecule has 5 nitrogen and oxygen atoms in total. The van der Waals surface area contributed by atoms with Crippen molar-refractivity contribution in [3.05, 3.63) is 71.7 Å². The number of hydrogen-bond acceptors (Lipinski definition) is 5. The van der Waals surface area contributed by atoms with Gasteiger partial charge in [-0.05, 0) is 31.5 Å². The van der Waals surface area contributed by atoms with Gasteiger partial charge in [-0.3, -0.25) is 9.19 Å². The average Bonchev–Trinajstić information content (AvgIpc) is 2.66. The van der Waals surface area contributed by atoms with Gasteiger partial charge >= 0.3 is 0 Å². The van der Waals surface area contributed by atoms with Crippen molar-refractivity contribution < 1.29 is 4.21 Å². The van der Waals surface area contributed by atoms with E-state index in [0.717, 1.165) is 28.2 Å². The van der Waals surface area contributed by atoms with Gasteiger partial charge in [0.25, 0.3) is 0 Å². The molecule has 1 aromatic carbocycles. The van der Waals surface area contributed by atoms with Gasteiger partial charge < -0.3 is 5.32 Å². The van der Waals surface area contributed by atoms with Crippen LogP contribution in [0.1, 0.15) is 16.8 Å². The molecule has 0 saturated carbocycles. The van der Waals surface area contributed by atoms with E-state index in [1.807, 2.05) is 56.3 Å². The van der Waals surface area contributed by atoms with E-state index in [2.05, 4.69) is 20.3 Å². The van der Waals surface area contributed by atoms with Crippen LogP contribution in [0.15, 0.2) is 54.9 Å². The number of aromatic nitrogens is 3. The molecular weight excluding hydrogens is 344 g/mol. The van der Waals surface area contributed by atoms with Gasteiger partial charge in [0.05, 0.1) is 0 Å². The summed E-state index contributed by atoms with van der Waals surface area (Å²) in [6.07, 6.45) is 3.48. The van der Waals surface area contributed by atoms with Crippen LogP contribution >= 0.6 is 0 Å². The predicted molar refractivity (Wildman–Crippen MR) is 106 cm³/mol. The van der Waals surface area contributed by atoms with E-state index in [1.165, 1.54) is 0 Å². The fraction of sp³-hybridized carbons (Fsp3) is 0.250. The first-order valence-electron chi connectivity index (χ1n) is 8.52. The zero-order chi connectivity index (χ0) is 18.4. The minimum atomic E-state index is -0.914. The van der Waals surface area contributed by atoms with E-state index in [4.69, 9.17) is 0 Å². The van der Waals surface area contributed by atoms with Gasteiger partial charge in [0, 0.05) is 58.1 Å². The van der Waals surface area contributed by atoms with Crippen LogP contribution in [0.25, 0.3) is 11.4 Å². The Bertz CT molecular complexity index is 885. The Morgan fingerprint density at radius 2 is 1.85 bits per heavy atom. The summed E-state index contributed by atoms with van der Waals surface area (Å²) < 4.78 is 12.3. The highest BCUT2D eigenvalue weighted by molar-refractivity contribution is 7.84. The molecular formula is C20H22N4OS. The Balaban J connectivity index is 1.64. The molecule has 1 unspecified atom stereocenters. The predicted octanol–water partition coefficient (Wildman–Crippen LogP) is 3.52. The van der Waals surface area contributed by atoms with Gasteiger partial charge in [0.2, 0.25) is 0 Å². The summed E-state index contributed by atoms with van der Waals surface area (Å²) in [6.45, 7) is 4.56. The van der Waals surface area contributed by atoms with E-state index >= 15 is 0 Å². The van der Waals surface area contributed by atoms with Gasteiger partial charge in [0.1, 0.15) is 5.82 Å². The van der Waals surface area contributed by atoms with Crippen LogP contribution in [0, 0.1) is 13.8 Å². The first-order chi connectivity index (χ1) is 12.6. The number of anilines is 1. The van der Waals surface area contributed by atoms with Gasteiger partial charge in [-0.15, -0.1) is 0 Å². The number of nitrogens with one attached hydrogen (secondary N) is 1. The van der Waals surface area contributed by atoms with Crippen molar-refractivity contribution in [3.63, 3.8) is 0 Å². The van der Waals surface area contributed by atoms with E-state index in [0.29, 0.717) is 23.9 Å². The van der Waals surface area contributed by atoms with Crippen LogP contribution < -0.4 is 5.32 Å². The maximum absolute atomic E-state index is 12.3. The van der Waals surface area contributed by atoms with Crippen LogP contribution in [0.5, 0.6) is 0 Å². The first kappa shape index (κ1) is 18.2. The molecule has 0 bridgehead atoms. The molecule has 3 rings (SSSR count). The number of rotatable bonds is 7. The van der Waals surface area contributed by atoms with Crippen LogP contribution in [0.2, 0.25) is 0 Å². The van der Waals surface area contributed by atoms with E-state index < -0.39 is 10.8 Å². The van der Waals surface area contributed by atoms with Gasteiger partial charge in [-0.25, -0.2) is 9.97 Å². The van der Waals surface area contributed by atoms with Crippen molar-refractivity contribution >= 4 is 16.6 Å². The molecule has 0 spiro atoms.